The molecule has 3 heterocycles. The molecule has 9 nitrogen and oxygen atoms in total. The molecule has 0 atom stereocenters. The van der Waals surface area contributed by atoms with Gasteiger partial charge in [-0.25, -0.2) is 4.79 Å². The fraction of sp³-hybridized carbons (Fsp3) is 0.278. The molecule has 0 fully saturated rings. The fourth-order valence-corrected chi connectivity index (χ4v) is 3.33. The van der Waals surface area contributed by atoms with Gasteiger partial charge in [-0.15, -0.1) is 0 Å². The number of aliphatic hydroxyl groups is 1. The number of rotatable bonds is 4. The molecule has 0 amide bonds. The normalized spacial score (nSPS) is 11.6. The van der Waals surface area contributed by atoms with E-state index in [9.17, 15) is 14.7 Å². The zero-order chi connectivity index (χ0) is 19.3. The maximum atomic E-state index is 12.7. The van der Waals surface area contributed by atoms with Gasteiger partial charge in [-0.3, -0.25) is 18.3 Å². The van der Waals surface area contributed by atoms with Crippen LogP contribution in [0.5, 0.6) is 5.75 Å². The second-order valence-corrected chi connectivity index (χ2v) is 6.28. The van der Waals surface area contributed by atoms with Crippen molar-refractivity contribution >= 4 is 16.9 Å². The van der Waals surface area contributed by atoms with E-state index < -0.39 is 11.2 Å². The van der Waals surface area contributed by atoms with Crippen molar-refractivity contribution in [1.82, 2.24) is 23.1 Å². The summed E-state index contributed by atoms with van der Waals surface area (Å²) in [4.78, 5) is 29.4. The maximum absolute atomic E-state index is 12.7. The standard InChI is InChI=1S/C18H19N5O4/c1-20-15-14(16(25)21(2)18(20)26)23-10-13(22(8-9-24)17(23)19-15)11-4-6-12(27-3)7-5-11/h4-7,10,24H,8-9H2,1-3H3. The molecular formula is C18H19N5O4. The molecule has 0 bridgehead atoms. The smallest absolute Gasteiger partial charge is 0.332 e. The second kappa shape index (κ2) is 6.13. The van der Waals surface area contributed by atoms with E-state index in [1.54, 1.807) is 24.8 Å². The second-order valence-electron chi connectivity index (χ2n) is 6.28. The minimum atomic E-state index is -0.433. The van der Waals surface area contributed by atoms with E-state index in [-0.39, 0.29) is 6.61 Å². The van der Waals surface area contributed by atoms with Crippen molar-refractivity contribution in [2.45, 2.75) is 6.54 Å². The average molecular weight is 369 g/mol. The third kappa shape index (κ3) is 2.39. The first-order valence-corrected chi connectivity index (χ1v) is 8.40. The highest BCUT2D eigenvalue weighted by Crippen LogP contribution is 2.26. The Labute approximate surface area is 153 Å². The summed E-state index contributed by atoms with van der Waals surface area (Å²) in [5.74, 6) is 1.22. The van der Waals surface area contributed by atoms with Crippen LogP contribution in [-0.2, 0) is 20.6 Å². The molecular weight excluding hydrogens is 350 g/mol. The third-order valence-corrected chi connectivity index (χ3v) is 4.77. The fourth-order valence-electron chi connectivity index (χ4n) is 3.33. The van der Waals surface area contributed by atoms with Crippen molar-refractivity contribution < 1.29 is 9.84 Å². The van der Waals surface area contributed by atoms with Gasteiger partial charge in [-0.2, -0.15) is 4.98 Å². The predicted molar refractivity (Wildman–Crippen MR) is 100 cm³/mol. The van der Waals surface area contributed by atoms with Gasteiger partial charge in [0.1, 0.15) is 5.75 Å². The molecule has 9 heteroatoms. The van der Waals surface area contributed by atoms with Gasteiger partial charge in [0.15, 0.2) is 11.2 Å². The summed E-state index contributed by atoms with van der Waals surface area (Å²) in [5, 5.41) is 9.52. The van der Waals surface area contributed by atoms with Crippen LogP contribution in [0.3, 0.4) is 0 Å². The molecule has 0 saturated heterocycles. The van der Waals surface area contributed by atoms with E-state index in [1.165, 1.54) is 11.6 Å². The van der Waals surface area contributed by atoms with Crippen LogP contribution in [0.25, 0.3) is 28.2 Å². The molecule has 4 aromatic rings. The largest absolute Gasteiger partial charge is 0.497 e. The van der Waals surface area contributed by atoms with Crippen LogP contribution in [0.4, 0.5) is 0 Å². The summed E-state index contributed by atoms with van der Waals surface area (Å²) in [6, 6.07) is 7.49. The minimum absolute atomic E-state index is 0.0896. The molecule has 0 aliphatic carbocycles. The molecule has 0 unspecified atom stereocenters. The summed E-state index contributed by atoms with van der Waals surface area (Å²) >= 11 is 0. The molecule has 1 N–H and O–H groups in total. The van der Waals surface area contributed by atoms with Gasteiger partial charge in [0, 0.05) is 32.4 Å². The molecule has 27 heavy (non-hydrogen) atoms. The number of ether oxygens (including phenoxy) is 1. The van der Waals surface area contributed by atoms with Crippen molar-refractivity contribution in [1.29, 1.82) is 0 Å². The first kappa shape index (κ1) is 17.1. The summed E-state index contributed by atoms with van der Waals surface area (Å²) < 4.78 is 11.1. The van der Waals surface area contributed by atoms with Crippen molar-refractivity contribution in [3.8, 4) is 17.0 Å². The Bertz CT molecular complexity index is 1270. The topological polar surface area (TPSA) is 95.7 Å². The van der Waals surface area contributed by atoms with Gasteiger partial charge in [0.2, 0.25) is 5.78 Å². The summed E-state index contributed by atoms with van der Waals surface area (Å²) in [6.07, 6.45) is 1.80. The number of nitrogens with zero attached hydrogens (tertiary/aromatic N) is 5. The maximum Gasteiger partial charge on any atom is 0.332 e. The van der Waals surface area contributed by atoms with Gasteiger partial charge in [-0.05, 0) is 24.3 Å². The van der Waals surface area contributed by atoms with Crippen LogP contribution in [0, 0.1) is 0 Å². The lowest BCUT2D eigenvalue weighted by Gasteiger charge is -2.08. The molecule has 0 saturated carbocycles. The van der Waals surface area contributed by atoms with E-state index in [0.717, 1.165) is 21.6 Å². The third-order valence-electron chi connectivity index (χ3n) is 4.77. The van der Waals surface area contributed by atoms with Gasteiger partial charge in [-0.1, -0.05) is 0 Å². The zero-order valence-corrected chi connectivity index (χ0v) is 15.2. The van der Waals surface area contributed by atoms with Crippen LogP contribution in [0.15, 0.2) is 40.1 Å². The Morgan fingerprint density at radius 1 is 1.11 bits per heavy atom. The van der Waals surface area contributed by atoms with Crippen LogP contribution < -0.4 is 16.0 Å². The molecule has 0 radical (unpaired) electrons. The number of hydrogen-bond acceptors (Lipinski definition) is 5. The highest BCUT2D eigenvalue weighted by molar-refractivity contribution is 5.78. The van der Waals surface area contributed by atoms with E-state index >= 15 is 0 Å². The first-order chi connectivity index (χ1) is 13.0. The molecule has 4 rings (SSSR count). The molecule has 0 aliphatic heterocycles. The van der Waals surface area contributed by atoms with Crippen molar-refractivity contribution in [3.63, 3.8) is 0 Å². The number of fused-ring (bicyclic) bond motifs is 3. The first-order valence-electron chi connectivity index (χ1n) is 8.40. The Kier molecular flexibility index (Phi) is 3.88. The number of aryl methyl sites for hydroxylation is 1. The SMILES string of the molecule is COc1ccc(-c2cn3c4c(=O)n(C)c(=O)n(C)c4nc3n2CCO)cc1. The zero-order valence-electron chi connectivity index (χ0n) is 15.2. The molecule has 1 aromatic carbocycles. The highest BCUT2D eigenvalue weighted by Gasteiger charge is 2.20. The summed E-state index contributed by atoms with van der Waals surface area (Å²) in [5.41, 5.74) is 1.48. The number of benzene rings is 1. The number of hydrogen-bond donors (Lipinski definition) is 1. The van der Waals surface area contributed by atoms with E-state index in [0.29, 0.717) is 23.5 Å². The minimum Gasteiger partial charge on any atom is -0.497 e. The lowest BCUT2D eigenvalue weighted by Crippen LogP contribution is -2.37. The number of methoxy groups -OCH3 is 1. The molecule has 0 aliphatic rings. The van der Waals surface area contributed by atoms with Crippen LogP contribution in [-0.4, -0.2) is 41.9 Å². The van der Waals surface area contributed by atoms with Crippen molar-refractivity contribution in [3.05, 3.63) is 51.3 Å². The van der Waals surface area contributed by atoms with Crippen LogP contribution in [0.2, 0.25) is 0 Å². The Morgan fingerprint density at radius 2 is 1.81 bits per heavy atom. The molecule has 0 spiro atoms. The van der Waals surface area contributed by atoms with Gasteiger partial charge >= 0.3 is 5.69 Å². The quantitative estimate of drug-likeness (QED) is 0.560. The van der Waals surface area contributed by atoms with E-state index in [4.69, 9.17) is 4.74 Å². The van der Waals surface area contributed by atoms with Gasteiger partial charge < -0.3 is 14.4 Å². The lowest BCUT2D eigenvalue weighted by atomic mass is 10.1. The predicted octanol–water partition coefficient (Wildman–Crippen LogP) is 0.354. The average Bonchev–Trinajstić information content (AvgIpc) is 3.22. The van der Waals surface area contributed by atoms with Crippen molar-refractivity contribution in [2.75, 3.05) is 13.7 Å². The lowest BCUT2D eigenvalue weighted by molar-refractivity contribution is 0.278. The Morgan fingerprint density at radius 3 is 2.44 bits per heavy atom. The van der Waals surface area contributed by atoms with E-state index in [2.05, 4.69) is 4.98 Å². The number of aromatic nitrogens is 5. The van der Waals surface area contributed by atoms with Crippen molar-refractivity contribution in [2.24, 2.45) is 14.1 Å². The summed E-state index contributed by atoms with van der Waals surface area (Å²) in [7, 11) is 4.62. The summed E-state index contributed by atoms with van der Waals surface area (Å²) in [6.45, 7) is 0.211. The monoisotopic (exact) mass is 369 g/mol. The molecule has 3 aromatic heterocycles. The number of aliphatic hydroxyl groups excluding tert-OH is 1. The Balaban J connectivity index is 2.08. The van der Waals surface area contributed by atoms with Crippen LogP contribution >= 0.6 is 0 Å². The van der Waals surface area contributed by atoms with Gasteiger partial charge in [0.25, 0.3) is 5.56 Å². The van der Waals surface area contributed by atoms with Gasteiger partial charge in [0.05, 0.1) is 19.4 Å². The van der Waals surface area contributed by atoms with Crippen LogP contribution in [0.1, 0.15) is 0 Å². The van der Waals surface area contributed by atoms with E-state index in [1.807, 2.05) is 28.8 Å². The highest BCUT2D eigenvalue weighted by atomic mass is 16.5. The molecule has 140 valence electrons. The Hall–Kier alpha value is -3.33. The number of imidazole rings is 2.